The summed E-state index contributed by atoms with van der Waals surface area (Å²) < 4.78 is 0. The van der Waals surface area contributed by atoms with E-state index in [1.54, 1.807) is 0 Å². The molecule has 0 aromatic rings. The van der Waals surface area contributed by atoms with Gasteiger partial charge in [0.25, 0.3) is 0 Å². The largest absolute Gasteiger partial charge is 0.339 e. The van der Waals surface area contributed by atoms with Crippen LogP contribution in [0.2, 0.25) is 0 Å². The highest BCUT2D eigenvalue weighted by Crippen LogP contribution is 2.32. The second kappa shape index (κ2) is 4.58. The molecule has 0 bridgehead atoms. The van der Waals surface area contributed by atoms with Crippen LogP contribution in [0, 0.1) is 5.41 Å². The lowest BCUT2D eigenvalue weighted by Gasteiger charge is -2.27. The van der Waals surface area contributed by atoms with Crippen LogP contribution in [-0.2, 0) is 4.79 Å². The Morgan fingerprint density at radius 3 is 2.65 bits per heavy atom. The first kappa shape index (κ1) is 12.8. The van der Waals surface area contributed by atoms with Gasteiger partial charge in [0.1, 0.15) is 0 Å². The Morgan fingerprint density at radius 1 is 1.47 bits per heavy atom. The van der Waals surface area contributed by atoms with Gasteiger partial charge >= 0.3 is 0 Å². The summed E-state index contributed by atoms with van der Waals surface area (Å²) in [5.41, 5.74) is 6.03. The number of nitrogens with two attached hydrogens (primary N) is 1. The Hall–Kier alpha value is -0.610. The van der Waals surface area contributed by atoms with Crippen molar-refractivity contribution in [2.45, 2.75) is 45.7 Å². The fourth-order valence-corrected chi connectivity index (χ4v) is 3.03. The van der Waals surface area contributed by atoms with Gasteiger partial charge in [-0.1, -0.05) is 6.92 Å². The number of likely N-dealkylation sites (tertiary alicyclic amines) is 2. The summed E-state index contributed by atoms with van der Waals surface area (Å²) in [7, 11) is 0. The molecule has 0 aliphatic carbocycles. The highest BCUT2D eigenvalue weighted by Gasteiger charge is 2.42. The summed E-state index contributed by atoms with van der Waals surface area (Å²) >= 11 is 0. The van der Waals surface area contributed by atoms with Crippen molar-refractivity contribution in [3.63, 3.8) is 0 Å². The minimum absolute atomic E-state index is 0.116. The molecule has 4 heteroatoms. The number of hydrogen-bond donors (Lipinski definition) is 1. The summed E-state index contributed by atoms with van der Waals surface area (Å²) in [6.45, 7) is 10.0. The average molecular weight is 239 g/mol. The zero-order chi connectivity index (χ0) is 12.6. The van der Waals surface area contributed by atoms with Gasteiger partial charge in [-0.2, -0.15) is 0 Å². The van der Waals surface area contributed by atoms with Gasteiger partial charge in [-0.05, 0) is 45.2 Å². The van der Waals surface area contributed by atoms with Gasteiger partial charge < -0.3 is 10.6 Å². The zero-order valence-electron chi connectivity index (χ0n) is 11.3. The molecule has 2 heterocycles. The Bertz CT molecular complexity index is 305. The Morgan fingerprint density at radius 2 is 2.18 bits per heavy atom. The Balaban J connectivity index is 1.99. The van der Waals surface area contributed by atoms with Crippen molar-refractivity contribution in [2.75, 3.05) is 26.2 Å². The van der Waals surface area contributed by atoms with E-state index >= 15 is 0 Å². The second-order valence-electron chi connectivity index (χ2n) is 6.17. The first-order valence-corrected chi connectivity index (χ1v) is 6.71. The highest BCUT2D eigenvalue weighted by atomic mass is 16.2. The molecule has 1 amide bonds. The summed E-state index contributed by atoms with van der Waals surface area (Å²) in [5.74, 6) is 0.321. The van der Waals surface area contributed by atoms with Crippen molar-refractivity contribution in [3.05, 3.63) is 0 Å². The molecule has 98 valence electrons. The topological polar surface area (TPSA) is 49.6 Å². The number of carbonyl (C=O) groups excluding carboxylic acids is 1. The summed E-state index contributed by atoms with van der Waals surface area (Å²) in [5, 5.41) is 0. The van der Waals surface area contributed by atoms with Gasteiger partial charge in [0, 0.05) is 19.1 Å². The maximum Gasteiger partial charge on any atom is 0.240 e. The Labute approximate surface area is 104 Å². The van der Waals surface area contributed by atoms with E-state index in [1.807, 2.05) is 4.90 Å². The van der Waals surface area contributed by atoms with Gasteiger partial charge in [0.2, 0.25) is 5.91 Å². The van der Waals surface area contributed by atoms with Gasteiger partial charge in [-0.25, -0.2) is 0 Å². The third-order valence-corrected chi connectivity index (χ3v) is 4.36. The first-order chi connectivity index (χ1) is 7.97. The Kier molecular flexibility index (Phi) is 3.46. The van der Waals surface area contributed by atoms with E-state index in [2.05, 4.69) is 25.7 Å². The van der Waals surface area contributed by atoms with Crippen LogP contribution in [0.5, 0.6) is 0 Å². The van der Waals surface area contributed by atoms with Crippen molar-refractivity contribution < 1.29 is 4.79 Å². The smallest absolute Gasteiger partial charge is 0.240 e. The van der Waals surface area contributed by atoms with Crippen LogP contribution in [-0.4, -0.2) is 54.0 Å². The molecular formula is C13H25N3O. The van der Waals surface area contributed by atoms with Crippen LogP contribution in [0.4, 0.5) is 0 Å². The fraction of sp³-hybridized carbons (Fsp3) is 0.923. The average Bonchev–Trinajstić information content (AvgIpc) is 2.83. The van der Waals surface area contributed by atoms with Crippen LogP contribution in [0.15, 0.2) is 0 Å². The summed E-state index contributed by atoms with van der Waals surface area (Å²) in [6.07, 6.45) is 2.10. The van der Waals surface area contributed by atoms with Crippen LogP contribution in [0.25, 0.3) is 0 Å². The number of rotatable bonds is 3. The fourth-order valence-electron chi connectivity index (χ4n) is 3.03. The predicted molar refractivity (Wildman–Crippen MR) is 68.6 cm³/mol. The number of nitrogens with zero attached hydrogens (tertiary/aromatic N) is 2. The lowest BCUT2D eigenvalue weighted by Crippen LogP contribution is -2.43. The van der Waals surface area contributed by atoms with Crippen LogP contribution in [0.1, 0.15) is 33.6 Å². The van der Waals surface area contributed by atoms with Gasteiger partial charge in [0.05, 0.1) is 6.04 Å². The zero-order valence-corrected chi connectivity index (χ0v) is 11.3. The van der Waals surface area contributed by atoms with E-state index < -0.39 is 0 Å². The summed E-state index contributed by atoms with van der Waals surface area (Å²) in [6, 6.07) is 0.446. The van der Waals surface area contributed by atoms with E-state index in [1.165, 1.54) is 0 Å². The molecular weight excluding hydrogens is 214 g/mol. The molecule has 2 atom stereocenters. The van der Waals surface area contributed by atoms with Crippen molar-refractivity contribution in [2.24, 2.45) is 11.1 Å². The molecule has 2 fully saturated rings. The quantitative estimate of drug-likeness (QED) is 0.787. The molecule has 0 radical (unpaired) electrons. The van der Waals surface area contributed by atoms with Crippen molar-refractivity contribution in [1.29, 1.82) is 0 Å². The highest BCUT2D eigenvalue weighted by molar-refractivity contribution is 5.84. The first-order valence-electron chi connectivity index (χ1n) is 6.71. The third-order valence-electron chi connectivity index (χ3n) is 4.36. The second-order valence-corrected chi connectivity index (χ2v) is 6.17. The number of hydrogen-bond acceptors (Lipinski definition) is 3. The third kappa shape index (κ3) is 2.33. The molecule has 2 aliphatic rings. The number of amides is 1. The van der Waals surface area contributed by atoms with Crippen molar-refractivity contribution in [1.82, 2.24) is 9.80 Å². The number of carbonyl (C=O) groups is 1. The minimum atomic E-state index is 0.116. The normalized spacial score (nSPS) is 35.2. The molecule has 2 rings (SSSR count). The predicted octanol–water partition coefficient (Wildman–Crippen LogP) is 0.666. The van der Waals surface area contributed by atoms with E-state index in [-0.39, 0.29) is 11.5 Å². The van der Waals surface area contributed by atoms with Crippen molar-refractivity contribution >= 4 is 5.91 Å². The van der Waals surface area contributed by atoms with E-state index in [9.17, 15) is 4.79 Å². The molecule has 0 saturated carbocycles. The molecule has 17 heavy (non-hydrogen) atoms. The van der Waals surface area contributed by atoms with E-state index in [0.717, 1.165) is 39.0 Å². The lowest BCUT2D eigenvalue weighted by atomic mass is 9.90. The standard InChI is InChI=1S/C13H25N3O/c1-10(2)16-6-4-11(12(16)17)15-7-5-13(3,8-14)9-15/h10-11H,4-9,14H2,1-3H3. The summed E-state index contributed by atoms with van der Waals surface area (Å²) in [4.78, 5) is 16.6. The SMILES string of the molecule is CC(C)N1CCC(N2CCC(C)(CN)C2)C1=O. The van der Waals surface area contributed by atoms with E-state index in [0.29, 0.717) is 11.9 Å². The lowest BCUT2D eigenvalue weighted by molar-refractivity contribution is -0.133. The van der Waals surface area contributed by atoms with Gasteiger partial charge in [-0.15, -0.1) is 0 Å². The van der Waals surface area contributed by atoms with Gasteiger partial charge in [-0.3, -0.25) is 9.69 Å². The molecule has 2 unspecified atom stereocenters. The van der Waals surface area contributed by atoms with Crippen LogP contribution >= 0.6 is 0 Å². The molecule has 0 spiro atoms. The molecule has 4 nitrogen and oxygen atoms in total. The van der Waals surface area contributed by atoms with E-state index in [4.69, 9.17) is 5.73 Å². The molecule has 0 aromatic heterocycles. The molecule has 2 N–H and O–H groups in total. The van der Waals surface area contributed by atoms with Crippen molar-refractivity contribution in [3.8, 4) is 0 Å². The molecule has 2 saturated heterocycles. The maximum absolute atomic E-state index is 12.3. The van der Waals surface area contributed by atoms with Gasteiger partial charge in [0.15, 0.2) is 0 Å². The minimum Gasteiger partial charge on any atom is -0.339 e. The monoisotopic (exact) mass is 239 g/mol. The van der Waals surface area contributed by atoms with Crippen LogP contribution in [0.3, 0.4) is 0 Å². The van der Waals surface area contributed by atoms with Crippen LogP contribution < -0.4 is 5.73 Å². The molecule has 2 aliphatic heterocycles. The molecule has 0 aromatic carbocycles. The maximum atomic E-state index is 12.3.